The Hall–Kier alpha value is -2.38. The third kappa shape index (κ3) is 2.65. The van der Waals surface area contributed by atoms with Crippen LogP contribution in [0.25, 0.3) is 11.5 Å². The smallest absolute Gasteiger partial charge is 0.314 e. The van der Waals surface area contributed by atoms with Gasteiger partial charge in [0, 0.05) is 13.2 Å². The maximum atomic E-state index is 12.3. The molecule has 0 saturated heterocycles. The van der Waals surface area contributed by atoms with Crippen molar-refractivity contribution in [2.24, 2.45) is 5.10 Å². The first kappa shape index (κ1) is 12.1. The van der Waals surface area contributed by atoms with E-state index in [1.165, 1.54) is 12.4 Å². The third-order valence-corrected chi connectivity index (χ3v) is 1.99. The van der Waals surface area contributed by atoms with Crippen LogP contribution in [0, 0.1) is 0 Å². The summed E-state index contributed by atoms with van der Waals surface area (Å²) in [5.74, 6) is -0.694. The minimum absolute atomic E-state index is 0.00917. The Morgan fingerprint density at radius 3 is 2.78 bits per heavy atom. The summed E-state index contributed by atoms with van der Waals surface area (Å²) in [5, 5.41) is 10.5. The Labute approximate surface area is 101 Å². The SMILES string of the molecule is CN/N=C/c1ccc(-c2nnc(C(F)F)o2)cn1. The summed E-state index contributed by atoms with van der Waals surface area (Å²) >= 11 is 0. The van der Waals surface area contributed by atoms with Crippen LogP contribution in [0.5, 0.6) is 0 Å². The molecule has 94 valence electrons. The molecule has 2 heterocycles. The quantitative estimate of drug-likeness (QED) is 0.661. The molecule has 0 fully saturated rings. The summed E-state index contributed by atoms with van der Waals surface area (Å²) in [4.78, 5) is 4.04. The van der Waals surface area contributed by atoms with Gasteiger partial charge >= 0.3 is 6.43 Å². The third-order valence-electron chi connectivity index (χ3n) is 1.99. The fourth-order valence-corrected chi connectivity index (χ4v) is 1.18. The molecule has 2 aromatic heterocycles. The van der Waals surface area contributed by atoms with E-state index in [0.717, 1.165) is 0 Å². The minimum Gasteiger partial charge on any atom is -0.415 e. The lowest BCUT2D eigenvalue weighted by atomic mass is 10.2. The van der Waals surface area contributed by atoms with Gasteiger partial charge in [0.25, 0.3) is 5.89 Å². The number of nitrogens with one attached hydrogen (secondary N) is 1. The van der Waals surface area contributed by atoms with Crippen LogP contribution < -0.4 is 5.43 Å². The number of aromatic nitrogens is 3. The maximum Gasteiger partial charge on any atom is 0.314 e. The molecule has 0 unspecified atom stereocenters. The zero-order valence-electron chi connectivity index (χ0n) is 9.34. The molecule has 18 heavy (non-hydrogen) atoms. The lowest BCUT2D eigenvalue weighted by molar-refractivity contribution is 0.116. The minimum atomic E-state index is -2.78. The van der Waals surface area contributed by atoms with Crippen molar-refractivity contribution in [3.05, 3.63) is 29.9 Å². The molecule has 0 aromatic carbocycles. The van der Waals surface area contributed by atoms with Crippen LogP contribution in [0.3, 0.4) is 0 Å². The number of halogens is 2. The zero-order valence-corrected chi connectivity index (χ0v) is 9.34. The summed E-state index contributed by atoms with van der Waals surface area (Å²) in [6, 6.07) is 3.29. The Bertz CT molecular complexity index is 537. The topological polar surface area (TPSA) is 76.2 Å². The van der Waals surface area contributed by atoms with E-state index in [-0.39, 0.29) is 5.89 Å². The highest BCUT2D eigenvalue weighted by Crippen LogP contribution is 2.22. The van der Waals surface area contributed by atoms with Crippen molar-refractivity contribution in [2.75, 3.05) is 7.05 Å². The Morgan fingerprint density at radius 2 is 2.22 bits per heavy atom. The van der Waals surface area contributed by atoms with E-state index in [1.54, 1.807) is 19.2 Å². The van der Waals surface area contributed by atoms with Gasteiger partial charge in [-0.3, -0.25) is 4.98 Å². The molecular formula is C10H9F2N5O. The molecule has 8 heteroatoms. The fourth-order valence-electron chi connectivity index (χ4n) is 1.18. The van der Waals surface area contributed by atoms with Crippen LogP contribution in [0.4, 0.5) is 8.78 Å². The number of hydrogen-bond acceptors (Lipinski definition) is 6. The van der Waals surface area contributed by atoms with Crippen molar-refractivity contribution < 1.29 is 13.2 Å². The zero-order chi connectivity index (χ0) is 13.0. The van der Waals surface area contributed by atoms with Gasteiger partial charge in [0.05, 0.1) is 17.5 Å². The van der Waals surface area contributed by atoms with Gasteiger partial charge in [0.1, 0.15) is 0 Å². The van der Waals surface area contributed by atoms with Crippen LogP contribution in [-0.4, -0.2) is 28.4 Å². The number of alkyl halides is 2. The highest BCUT2D eigenvalue weighted by atomic mass is 19.3. The molecule has 0 saturated carbocycles. The number of pyridine rings is 1. The largest absolute Gasteiger partial charge is 0.415 e. The average molecular weight is 253 g/mol. The second-order valence-electron chi connectivity index (χ2n) is 3.20. The molecule has 0 bridgehead atoms. The standard InChI is InChI=1S/C10H9F2N5O/c1-13-15-5-7-3-2-6(4-14-7)9-16-17-10(18-9)8(11)12/h2-5,8,13H,1H3/b15-5+. The summed E-state index contributed by atoms with van der Waals surface area (Å²) in [6.45, 7) is 0. The molecule has 0 spiro atoms. The summed E-state index contributed by atoms with van der Waals surface area (Å²) in [5.41, 5.74) is 3.66. The van der Waals surface area contributed by atoms with Crippen molar-refractivity contribution in [1.82, 2.24) is 20.6 Å². The number of rotatable bonds is 4. The summed E-state index contributed by atoms with van der Waals surface area (Å²) in [6.07, 6.45) is 0.184. The van der Waals surface area contributed by atoms with Gasteiger partial charge in [-0.15, -0.1) is 10.2 Å². The second-order valence-corrected chi connectivity index (χ2v) is 3.20. The highest BCUT2D eigenvalue weighted by Gasteiger charge is 2.16. The van der Waals surface area contributed by atoms with E-state index in [2.05, 4.69) is 25.7 Å². The van der Waals surface area contributed by atoms with Crippen LogP contribution in [-0.2, 0) is 0 Å². The van der Waals surface area contributed by atoms with Crippen molar-refractivity contribution in [3.63, 3.8) is 0 Å². The molecule has 0 radical (unpaired) electrons. The number of hydrazone groups is 1. The van der Waals surface area contributed by atoms with E-state index < -0.39 is 12.3 Å². The van der Waals surface area contributed by atoms with Crippen molar-refractivity contribution in [3.8, 4) is 11.5 Å². The molecule has 2 aromatic rings. The van der Waals surface area contributed by atoms with Crippen molar-refractivity contribution in [2.45, 2.75) is 6.43 Å². The predicted octanol–water partition coefficient (Wildman–Crippen LogP) is 1.62. The second kappa shape index (κ2) is 5.30. The number of nitrogens with zero attached hydrogens (tertiary/aromatic N) is 4. The van der Waals surface area contributed by atoms with Gasteiger partial charge in [0.15, 0.2) is 0 Å². The first-order valence-electron chi connectivity index (χ1n) is 4.98. The molecule has 2 rings (SSSR count). The van der Waals surface area contributed by atoms with E-state index >= 15 is 0 Å². The molecule has 0 amide bonds. The number of hydrogen-bond donors (Lipinski definition) is 1. The van der Waals surface area contributed by atoms with Crippen LogP contribution in [0.2, 0.25) is 0 Å². The van der Waals surface area contributed by atoms with Crippen molar-refractivity contribution >= 4 is 6.21 Å². The summed E-state index contributed by atoms with van der Waals surface area (Å²) < 4.78 is 29.3. The van der Waals surface area contributed by atoms with Gasteiger partial charge in [-0.1, -0.05) is 0 Å². The van der Waals surface area contributed by atoms with Crippen LogP contribution >= 0.6 is 0 Å². The van der Waals surface area contributed by atoms with Gasteiger partial charge in [-0.05, 0) is 12.1 Å². The fraction of sp³-hybridized carbons (Fsp3) is 0.200. The van der Waals surface area contributed by atoms with E-state index in [4.69, 9.17) is 4.42 Å². The van der Waals surface area contributed by atoms with E-state index in [9.17, 15) is 8.78 Å². The van der Waals surface area contributed by atoms with Crippen molar-refractivity contribution in [1.29, 1.82) is 0 Å². The molecule has 6 nitrogen and oxygen atoms in total. The van der Waals surface area contributed by atoms with E-state index in [0.29, 0.717) is 11.3 Å². The normalized spacial score (nSPS) is 11.3. The van der Waals surface area contributed by atoms with Gasteiger partial charge in [-0.2, -0.15) is 13.9 Å². The Balaban J connectivity index is 2.20. The highest BCUT2D eigenvalue weighted by molar-refractivity contribution is 5.77. The molecule has 0 aliphatic heterocycles. The van der Waals surface area contributed by atoms with Gasteiger partial charge in [0.2, 0.25) is 5.89 Å². The molecule has 0 atom stereocenters. The molecule has 1 N–H and O–H groups in total. The predicted molar refractivity (Wildman–Crippen MR) is 59.1 cm³/mol. The lowest BCUT2D eigenvalue weighted by Gasteiger charge is -1.95. The maximum absolute atomic E-state index is 12.3. The first-order chi connectivity index (χ1) is 8.70. The lowest BCUT2D eigenvalue weighted by Crippen LogP contribution is -1.96. The van der Waals surface area contributed by atoms with E-state index in [1.807, 2.05) is 0 Å². The monoisotopic (exact) mass is 253 g/mol. The first-order valence-corrected chi connectivity index (χ1v) is 4.98. The van der Waals surface area contributed by atoms with Gasteiger partial charge in [-0.25, -0.2) is 0 Å². The average Bonchev–Trinajstić information content (AvgIpc) is 2.87. The molecule has 0 aliphatic rings. The van der Waals surface area contributed by atoms with Gasteiger partial charge < -0.3 is 9.84 Å². The van der Waals surface area contributed by atoms with Crippen LogP contribution in [0.1, 0.15) is 18.0 Å². The Morgan fingerprint density at radius 1 is 1.39 bits per heavy atom. The summed E-state index contributed by atoms with van der Waals surface area (Å²) in [7, 11) is 1.66. The Kier molecular flexibility index (Phi) is 3.56. The molecular weight excluding hydrogens is 244 g/mol. The van der Waals surface area contributed by atoms with Crippen LogP contribution in [0.15, 0.2) is 27.8 Å². The molecule has 0 aliphatic carbocycles.